The first kappa shape index (κ1) is 14.4. The average Bonchev–Trinajstić information content (AvgIpc) is 2.74. The lowest BCUT2D eigenvalue weighted by Crippen LogP contribution is -2.36. The Kier molecular flexibility index (Phi) is 5.10. The SMILES string of the molecule is CN(CC1CCCN1C)c1ccc(Br)cc1CBr. The molecule has 1 aromatic rings. The molecule has 18 heavy (non-hydrogen) atoms. The molecular weight excluding hydrogens is 356 g/mol. The van der Waals surface area contributed by atoms with Crippen molar-refractivity contribution in [3.8, 4) is 0 Å². The van der Waals surface area contributed by atoms with E-state index in [1.165, 1.54) is 30.6 Å². The van der Waals surface area contributed by atoms with Crippen LogP contribution >= 0.6 is 31.9 Å². The van der Waals surface area contributed by atoms with Gasteiger partial charge >= 0.3 is 0 Å². The average molecular weight is 376 g/mol. The number of anilines is 1. The van der Waals surface area contributed by atoms with Gasteiger partial charge in [0.25, 0.3) is 0 Å². The number of likely N-dealkylation sites (tertiary alicyclic amines) is 1. The summed E-state index contributed by atoms with van der Waals surface area (Å²) in [4.78, 5) is 4.86. The minimum atomic E-state index is 0.696. The van der Waals surface area contributed by atoms with Crippen LogP contribution in [-0.2, 0) is 5.33 Å². The minimum absolute atomic E-state index is 0.696. The number of alkyl halides is 1. The van der Waals surface area contributed by atoms with Gasteiger partial charge in [0.1, 0.15) is 0 Å². The highest BCUT2D eigenvalue weighted by atomic mass is 79.9. The van der Waals surface area contributed by atoms with E-state index in [0.717, 1.165) is 16.3 Å². The quantitative estimate of drug-likeness (QED) is 0.737. The van der Waals surface area contributed by atoms with E-state index in [2.05, 4.69) is 74.0 Å². The molecule has 1 heterocycles. The largest absolute Gasteiger partial charge is 0.373 e. The summed E-state index contributed by atoms with van der Waals surface area (Å²) < 4.78 is 1.15. The number of hydrogen-bond acceptors (Lipinski definition) is 2. The third-order valence-corrected chi connectivity index (χ3v) is 4.85. The normalized spacial score (nSPS) is 20.3. The standard InChI is InChI=1S/C14H20Br2N2/c1-17-7-3-4-13(17)10-18(2)14-6-5-12(16)8-11(14)9-15/h5-6,8,13H,3-4,7,9-10H2,1-2H3. The lowest BCUT2D eigenvalue weighted by atomic mass is 10.1. The van der Waals surface area contributed by atoms with Crippen molar-refractivity contribution < 1.29 is 0 Å². The highest BCUT2D eigenvalue weighted by molar-refractivity contribution is 9.10. The number of likely N-dealkylation sites (N-methyl/N-ethyl adjacent to an activating group) is 2. The van der Waals surface area contributed by atoms with Crippen LogP contribution in [0.4, 0.5) is 5.69 Å². The smallest absolute Gasteiger partial charge is 0.0406 e. The maximum Gasteiger partial charge on any atom is 0.0406 e. The first-order valence-corrected chi connectivity index (χ1v) is 8.29. The van der Waals surface area contributed by atoms with Gasteiger partial charge in [-0.2, -0.15) is 0 Å². The predicted molar refractivity (Wildman–Crippen MR) is 85.7 cm³/mol. The summed E-state index contributed by atoms with van der Waals surface area (Å²) in [6, 6.07) is 7.21. The van der Waals surface area contributed by atoms with Gasteiger partial charge in [0, 0.05) is 35.1 Å². The minimum Gasteiger partial charge on any atom is -0.373 e. The Labute approximate surface area is 127 Å². The van der Waals surface area contributed by atoms with Crippen molar-refractivity contribution >= 4 is 37.5 Å². The van der Waals surface area contributed by atoms with Gasteiger partial charge in [-0.05, 0) is 50.2 Å². The summed E-state index contributed by atoms with van der Waals surface area (Å²) in [5.74, 6) is 0. The summed E-state index contributed by atoms with van der Waals surface area (Å²) in [6.45, 7) is 2.35. The second kappa shape index (κ2) is 6.40. The molecule has 4 heteroatoms. The fourth-order valence-electron chi connectivity index (χ4n) is 2.66. The Balaban J connectivity index is 2.10. The molecule has 0 radical (unpaired) electrons. The molecule has 0 spiro atoms. The Morgan fingerprint density at radius 2 is 2.22 bits per heavy atom. The molecule has 0 N–H and O–H groups in total. The zero-order valence-electron chi connectivity index (χ0n) is 11.0. The van der Waals surface area contributed by atoms with Crippen molar-refractivity contribution in [2.24, 2.45) is 0 Å². The lowest BCUT2D eigenvalue weighted by molar-refractivity contribution is 0.314. The van der Waals surface area contributed by atoms with Crippen molar-refractivity contribution in [1.82, 2.24) is 4.90 Å². The third kappa shape index (κ3) is 3.28. The summed E-state index contributed by atoms with van der Waals surface area (Å²) in [5, 5.41) is 0.895. The third-order valence-electron chi connectivity index (χ3n) is 3.75. The second-order valence-electron chi connectivity index (χ2n) is 5.06. The van der Waals surface area contributed by atoms with Gasteiger partial charge in [-0.1, -0.05) is 31.9 Å². The lowest BCUT2D eigenvalue weighted by Gasteiger charge is -2.28. The molecule has 0 aliphatic carbocycles. The van der Waals surface area contributed by atoms with Crippen LogP contribution in [0.2, 0.25) is 0 Å². The Morgan fingerprint density at radius 3 is 2.83 bits per heavy atom. The first-order chi connectivity index (χ1) is 8.61. The number of rotatable bonds is 4. The number of benzene rings is 1. The van der Waals surface area contributed by atoms with Crippen molar-refractivity contribution in [3.05, 3.63) is 28.2 Å². The Hall–Kier alpha value is -0.0600. The Bertz CT molecular complexity index is 409. The maximum atomic E-state index is 3.58. The van der Waals surface area contributed by atoms with Gasteiger partial charge in [-0.25, -0.2) is 0 Å². The van der Waals surface area contributed by atoms with Gasteiger partial charge in [0.05, 0.1) is 0 Å². The highest BCUT2D eigenvalue weighted by Crippen LogP contribution is 2.27. The molecule has 1 aromatic carbocycles. The fourth-order valence-corrected chi connectivity index (χ4v) is 3.52. The summed E-state index contributed by atoms with van der Waals surface area (Å²) in [5.41, 5.74) is 2.67. The fraction of sp³-hybridized carbons (Fsp3) is 0.571. The molecule has 1 aliphatic heterocycles. The summed E-state index contributed by atoms with van der Waals surface area (Å²) >= 11 is 7.11. The van der Waals surface area contributed by atoms with Gasteiger partial charge in [0.2, 0.25) is 0 Å². The molecular formula is C14H20Br2N2. The molecule has 2 rings (SSSR count). The van der Waals surface area contributed by atoms with Gasteiger partial charge in [-0.3, -0.25) is 0 Å². The van der Waals surface area contributed by atoms with Crippen LogP contribution in [0.15, 0.2) is 22.7 Å². The zero-order valence-corrected chi connectivity index (χ0v) is 14.2. The molecule has 1 aliphatic rings. The van der Waals surface area contributed by atoms with Crippen molar-refractivity contribution in [2.75, 3.05) is 32.1 Å². The molecule has 100 valence electrons. The van der Waals surface area contributed by atoms with Gasteiger partial charge in [-0.15, -0.1) is 0 Å². The summed E-state index contributed by atoms with van der Waals surface area (Å²) in [6.07, 6.45) is 2.65. The molecule has 2 nitrogen and oxygen atoms in total. The van der Waals surface area contributed by atoms with Crippen LogP contribution in [0.5, 0.6) is 0 Å². The zero-order chi connectivity index (χ0) is 13.1. The first-order valence-electron chi connectivity index (χ1n) is 6.37. The molecule has 0 amide bonds. The van der Waals surface area contributed by atoms with E-state index >= 15 is 0 Å². The predicted octanol–water partition coefficient (Wildman–Crippen LogP) is 3.87. The second-order valence-corrected chi connectivity index (χ2v) is 6.54. The van der Waals surface area contributed by atoms with E-state index in [-0.39, 0.29) is 0 Å². The van der Waals surface area contributed by atoms with Crippen molar-refractivity contribution in [1.29, 1.82) is 0 Å². The van der Waals surface area contributed by atoms with E-state index < -0.39 is 0 Å². The van der Waals surface area contributed by atoms with Crippen LogP contribution in [0.3, 0.4) is 0 Å². The molecule has 0 saturated carbocycles. The monoisotopic (exact) mass is 374 g/mol. The molecule has 1 saturated heterocycles. The van der Waals surface area contributed by atoms with E-state index in [0.29, 0.717) is 6.04 Å². The van der Waals surface area contributed by atoms with E-state index in [1.807, 2.05) is 0 Å². The van der Waals surface area contributed by atoms with Crippen molar-refractivity contribution in [3.63, 3.8) is 0 Å². The van der Waals surface area contributed by atoms with Gasteiger partial charge in [0.15, 0.2) is 0 Å². The molecule has 1 unspecified atom stereocenters. The maximum absolute atomic E-state index is 3.58. The summed E-state index contributed by atoms with van der Waals surface area (Å²) in [7, 11) is 4.43. The van der Waals surface area contributed by atoms with E-state index in [9.17, 15) is 0 Å². The van der Waals surface area contributed by atoms with Crippen LogP contribution < -0.4 is 4.90 Å². The molecule has 0 bridgehead atoms. The van der Waals surface area contributed by atoms with Crippen LogP contribution in [-0.4, -0.2) is 38.1 Å². The number of halogens is 2. The number of hydrogen-bond donors (Lipinski definition) is 0. The van der Waals surface area contributed by atoms with E-state index in [4.69, 9.17) is 0 Å². The highest BCUT2D eigenvalue weighted by Gasteiger charge is 2.22. The Morgan fingerprint density at radius 1 is 1.44 bits per heavy atom. The molecule has 0 aromatic heterocycles. The van der Waals surface area contributed by atoms with Crippen molar-refractivity contribution in [2.45, 2.75) is 24.2 Å². The molecule has 1 atom stereocenters. The number of nitrogens with zero attached hydrogens (tertiary/aromatic N) is 2. The van der Waals surface area contributed by atoms with Crippen LogP contribution in [0.1, 0.15) is 18.4 Å². The van der Waals surface area contributed by atoms with Crippen LogP contribution in [0.25, 0.3) is 0 Å². The van der Waals surface area contributed by atoms with Gasteiger partial charge < -0.3 is 9.80 Å². The van der Waals surface area contributed by atoms with E-state index in [1.54, 1.807) is 0 Å². The van der Waals surface area contributed by atoms with Crippen LogP contribution in [0, 0.1) is 0 Å². The topological polar surface area (TPSA) is 6.48 Å². The molecule has 1 fully saturated rings.